The highest BCUT2D eigenvalue weighted by Crippen LogP contribution is 2.49. The fourth-order valence-corrected chi connectivity index (χ4v) is 4.91. The Balaban J connectivity index is 2.13. The van der Waals surface area contributed by atoms with Crippen LogP contribution in [0.5, 0.6) is 0 Å². The minimum Gasteiger partial charge on any atom is -0.365 e. The second-order valence-corrected chi connectivity index (χ2v) is 9.60. The number of para-hydroxylation sites is 1. The van der Waals surface area contributed by atoms with Gasteiger partial charge in [0, 0.05) is 23.2 Å². The summed E-state index contributed by atoms with van der Waals surface area (Å²) in [6.45, 7) is 17.6. The molecule has 1 atom stereocenters. The molecule has 1 aliphatic heterocycles. The molecule has 26 heavy (non-hydrogen) atoms. The zero-order valence-electron chi connectivity index (χ0n) is 17.6. The van der Waals surface area contributed by atoms with Crippen molar-refractivity contribution in [2.45, 2.75) is 77.7 Å². The van der Waals surface area contributed by atoms with Crippen LogP contribution in [0.15, 0.2) is 48.5 Å². The van der Waals surface area contributed by atoms with Gasteiger partial charge in [0.2, 0.25) is 0 Å². The van der Waals surface area contributed by atoms with Gasteiger partial charge in [0.05, 0.1) is 0 Å². The lowest BCUT2D eigenvalue weighted by molar-refractivity contribution is 0.444. The maximum absolute atomic E-state index is 2.71. The fourth-order valence-electron chi connectivity index (χ4n) is 4.91. The van der Waals surface area contributed by atoms with Crippen molar-refractivity contribution >= 4 is 5.69 Å². The maximum atomic E-state index is 2.71. The highest BCUT2D eigenvalue weighted by molar-refractivity contribution is 5.65. The lowest BCUT2D eigenvalue weighted by atomic mass is 9.78. The topological polar surface area (TPSA) is 3.24 Å². The van der Waals surface area contributed by atoms with Gasteiger partial charge in [-0.05, 0) is 48.8 Å². The molecule has 1 fully saturated rings. The zero-order chi connectivity index (χ0) is 19.1. The summed E-state index contributed by atoms with van der Waals surface area (Å²) in [5.74, 6) is 1.06. The smallest absolute Gasteiger partial charge is 0.0441 e. The normalized spacial score (nSPS) is 22.4. The van der Waals surface area contributed by atoms with Gasteiger partial charge in [0.15, 0.2) is 0 Å². The van der Waals surface area contributed by atoms with Gasteiger partial charge in [-0.2, -0.15) is 0 Å². The Morgan fingerprint density at radius 2 is 1.31 bits per heavy atom. The molecule has 1 aliphatic rings. The Hall–Kier alpha value is -1.76. The van der Waals surface area contributed by atoms with Crippen molar-refractivity contribution in [1.29, 1.82) is 0 Å². The summed E-state index contributed by atoms with van der Waals surface area (Å²) in [4.78, 5) is 2.71. The molecule has 1 nitrogen and oxygen atoms in total. The van der Waals surface area contributed by atoms with Gasteiger partial charge < -0.3 is 4.90 Å². The summed E-state index contributed by atoms with van der Waals surface area (Å²) in [6.07, 6.45) is 1.17. The van der Waals surface area contributed by atoms with E-state index in [0.717, 1.165) is 6.54 Å². The highest BCUT2D eigenvalue weighted by Gasteiger charge is 2.47. The second kappa shape index (κ2) is 6.76. The lowest BCUT2D eigenvalue weighted by Crippen LogP contribution is -2.39. The monoisotopic (exact) mass is 349 g/mol. The van der Waals surface area contributed by atoms with Crippen LogP contribution in [0, 0.1) is 0 Å². The molecule has 2 aromatic carbocycles. The summed E-state index contributed by atoms with van der Waals surface area (Å²) in [7, 11) is 0. The number of anilines is 1. The molecule has 0 bridgehead atoms. The lowest BCUT2D eigenvalue weighted by Gasteiger charge is -2.38. The first kappa shape index (κ1) is 19.0. The van der Waals surface area contributed by atoms with Gasteiger partial charge in [-0.15, -0.1) is 0 Å². The average molecular weight is 350 g/mol. The third-order valence-corrected chi connectivity index (χ3v) is 6.14. The van der Waals surface area contributed by atoms with E-state index in [1.807, 2.05) is 0 Å². The zero-order valence-corrected chi connectivity index (χ0v) is 17.6. The van der Waals surface area contributed by atoms with E-state index in [0.29, 0.717) is 11.8 Å². The first-order valence-electron chi connectivity index (χ1n) is 10.1. The molecule has 2 aromatic rings. The molecule has 0 radical (unpaired) electrons. The number of hydrogen-bond donors (Lipinski definition) is 0. The van der Waals surface area contributed by atoms with Crippen LogP contribution in [0.1, 0.15) is 83.4 Å². The van der Waals surface area contributed by atoms with Gasteiger partial charge in [-0.3, -0.25) is 0 Å². The average Bonchev–Trinajstić information content (AvgIpc) is 2.85. The molecule has 1 saturated heterocycles. The van der Waals surface area contributed by atoms with Crippen molar-refractivity contribution in [2.75, 3.05) is 11.4 Å². The molecule has 0 aromatic heterocycles. The van der Waals surface area contributed by atoms with Crippen molar-refractivity contribution in [3.05, 3.63) is 65.2 Å². The number of nitrogens with zero attached hydrogens (tertiary/aromatic N) is 1. The van der Waals surface area contributed by atoms with E-state index in [1.165, 1.54) is 28.8 Å². The predicted octanol–water partition coefficient (Wildman–Crippen LogP) is 6.88. The summed E-state index contributed by atoms with van der Waals surface area (Å²) in [6, 6.07) is 18.0. The van der Waals surface area contributed by atoms with Gasteiger partial charge in [0.1, 0.15) is 0 Å². The molecule has 1 heterocycles. The van der Waals surface area contributed by atoms with Crippen molar-refractivity contribution in [1.82, 2.24) is 0 Å². The molecule has 0 amide bonds. The molecule has 1 unspecified atom stereocenters. The molecule has 3 rings (SSSR count). The molecule has 140 valence electrons. The summed E-state index contributed by atoms with van der Waals surface area (Å²) < 4.78 is 0. The third kappa shape index (κ3) is 3.29. The van der Waals surface area contributed by atoms with Gasteiger partial charge in [-0.25, -0.2) is 0 Å². The molecule has 1 heteroatoms. The number of benzene rings is 2. The fraction of sp³-hybridized carbons (Fsp3) is 0.520. The standard InChI is InChI=1S/C25H35N/c1-18(2)21-14-11-15-22(19(3)4)23(21)26-17-25(7,16-24(26,5)6)20-12-9-8-10-13-20/h8-15,18-19H,16-17H2,1-7H3. The third-order valence-electron chi connectivity index (χ3n) is 6.14. The highest BCUT2D eigenvalue weighted by atomic mass is 15.2. The van der Waals surface area contributed by atoms with E-state index in [4.69, 9.17) is 0 Å². The number of rotatable bonds is 4. The first-order valence-corrected chi connectivity index (χ1v) is 10.1. The van der Waals surface area contributed by atoms with Gasteiger partial charge >= 0.3 is 0 Å². The molecule has 0 aliphatic carbocycles. The van der Waals surface area contributed by atoms with Crippen LogP contribution in [0.4, 0.5) is 5.69 Å². The first-order chi connectivity index (χ1) is 12.2. The Bertz CT molecular complexity index is 731. The van der Waals surface area contributed by atoms with Crippen molar-refractivity contribution in [3.63, 3.8) is 0 Å². The van der Waals surface area contributed by atoms with E-state index >= 15 is 0 Å². The summed E-state index contributed by atoms with van der Waals surface area (Å²) in [5.41, 5.74) is 6.25. The molecule has 0 saturated carbocycles. The van der Waals surface area contributed by atoms with Crippen LogP contribution >= 0.6 is 0 Å². The molecular weight excluding hydrogens is 314 g/mol. The van der Waals surface area contributed by atoms with Crippen LogP contribution in [-0.4, -0.2) is 12.1 Å². The quantitative estimate of drug-likeness (QED) is 0.581. The van der Waals surface area contributed by atoms with Crippen molar-refractivity contribution in [2.24, 2.45) is 0 Å². The minimum absolute atomic E-state index is 0.138. The SMILES string of the molecule is CC(C)c1cccc(C(C)C)c1N1CC(C)(c2ccccc2)CC1(C)C. The van der Waals surface area contributed by atoms with Crippen LogP contribution in [0.3, 0.4) is 0 Å². The predicted molar refractivity (Wildman–Crippen MR) is 114 cm³/mol. The van der Waals surface area contributed by atoms with Crippen LogP contribution in [0.2, 0.25) is 0 Å². The Morgan fingerprint density at radius 1 is 0.769 bits per heavy atom. The van der Waals surface area contributed by atoms with Crippen molar-refractivity contribution < 1.29 is 0 Å². The molecular formula is C25H35N. The van der Waals surface area contributed by atoms with Crippen LogP contribution in [0.25, 0.3) is 0 Å². The molecule has 0 N–H and O–H groups in total. The van der Waals surface area contributed by atoms with Crippen LogP contribution < -0.4 is 4.90 Å². The van der Waals surface area contributed by atoms with Crippen LogP contribution in [-0.2, 0) is 5.41 Å². The van der Waals surface area contributed by atoms with E-state index < -0.39 is 0 Å². The Labute approximate surface area is 160 Å². The summed E-state index contributed by atoms with van der Waals surface area (Å²) >= 11 is 0. The summed E-state index contributed by atoms with van der Waals surface area (Å²) in [5, 5.41) is 0. The maximum Gasteiger partial charge on any atom is 0.0441 e. The Morgan fingerprint density at radius 3 is 1.81 bits per heavy atom. The second-order valence-electron chi connectivity index (χ2n) is 9.60. The van der Waals surface area contributed by atoms with E-state index in [-0.39, 0.29) is 11.0 Å². The van der Waals surface area contributed by atoms with Crippen molar-refractivity contribution in [3.8, 4) is 0 Å². The Kier molecular flexibility index (Phi) is 4.94. The molecule has 0 spiro atoms. The van der Waals surface area contributed by atoms with E-state index in [2.05, 4.69) is 102 Å². The van der Waals surface area contributed by atoms with Gasteiger partial charge in [-0.1, -0.05) is 83.1 Å². The minimum atomic E-state index is 0.138. The van der Waals surface area contributed by atoms with E-state index in [1.54, 1.807) is 0 Å². The van der Waals surface area contributed by atoms with E-state index in [9.17, 15) is 0 Å². The largest absolute Gasteiger partial charge is 0.365 e. The van der Waals surface area contributed by atoms with Gasteiger partial charge in [0.25, 0.3) is 0 Å². The number of hydrogen-bond acceptors (Lipinski definition) is 1.